The van der Waals surface area contributed by atoms with E-state index in [0.717, 1.165) is 0 Å². The van der Waals surface area contributed by atoms with Gasteiger partial charge in [-0.1, -0.05) is 29.8 Å². The number of rotatable bonds is 2. The highest BCUT2D eigenvalue weighted by molar-refractivity contribution is 6.37. The van der Waals surface area contributed by atoms with Gasteiger partial charge in [-0.15, -0.1) is 11.6 Å². The molecule has 1 saturated carbocycles. The van der Waals surface area contributed by atoms with E-state index in [-0.39, 0.29) is 11.3 Å². The first-order chi connectivity index (χ1) is 6.62. The minimum absolute atomic E-state index is 0.156. The molecule has 1 aromatic rings. The van der Waals surface area contributed by atoms with Crippen LogP contribution in [0, 0.1) is 0 Å². The standard InChI is InChI=1S/C10H9Cl2NO/c11-8-6-10(8,12)13-9(14)7-4-2-1-3-5-7/h1-5,8H,6H2,(H,13,14). The smallest absolute Gasteiger partial charge is 0.252 e. The number of alkyl halides is 2. The van der Waals surface area contributed by atoms with Crippen molar-refractivity contribution in [3.05, 3.63) is 35.9 Å². The SMILES string of the molecule is O=C(NC1(Cl)CC1Cl)c1ccccc1. The highest BCUT2D eigenvalue weighted by Crippen LogP contribution is 2.44. The molecule has 1 aliphatic rings. The first kappa shape index (κ1) is 9.81. The molecule has 4 heteroatoms. The van der Waals surface area contributed by atoms with Crippen molar-refractivity contribution in [3.63, 3.8) is 0 Å². The van der Waals surface area contributed by atoms with Crippen LogP contribution in [0.25, 0.3) is 0 Å². The van der Waals surface area contributed by atoms with Gasteiger partial charge in [0, 0.05) is 12.0 Å². The fourth-order valence-corrected chi connectivity index (χ4v) is 1.80. The molecule has 0 heterocycles. The normalized spacial score (nSPS) is 29.7. The monoisotopic (exact) mass is 229 g/mol. The number of hydrogen-bond donors (Lipinski definition) is 1. The van der Waals surface area contributed by atoms with E-state index in [0.29, 0.717) is 12.0 Å². The summed E-state index contributed by atoms with van der Waals surface area (Å²) in [5.74, 6) is -0.177. The summed E-state index contributed by atoms with van der Waals surface area (Å²) in [7, 11) is 0. The predicted octanol–water partition coefficient (Wildman–Crippen LogP) is 2.36. The van der Waals surface area contributed by atoms with Gasteiger partial charge >= 0.3 is 0 Å². The summed E-state index contributed by atoms with van der Waals surface area (Å²) in [6.45, 7) is 0. The summed E-state index contributed by atoms with van der Waals surface area (Å²) in [6.07, 6.45) is 0.620. The molecule has 0 aliphatic heterocycles. The molecule has 0 spiro atoms. The largest absolute Gasteiger partial charge is 0.332 e. The van der Waals surface area contributed by atoms with Crippen molar-refractivity contribution in [3.8, 4) is 0 Å². The molecule has 2 atom stereocenters. The Morgan fingerprint density at radius 1 is 1.43 bits per heavy atom. The number of nitrogens with one attached hydrogen (secondary N) is 1. The van der Waals surface area contributed by atoms with Crippen LogP contribution in [0.3, 0.4) is 0 Å². The van der Waals surface area contributed by atoms with Crippen LogP contribution in [-0.4, -0.2) is 16.3 Å². The fraction of sp³-hybridized carbons (Fsp3) is 0.300. The summed E-state index contributed by atoms with van der Waals surface area (Å²) in [4.78, 5) is 10.9. The number of benzene rings is 1. The van der Waals surface area contributed by atoms with E-state index >= 15 is 0 Å². The van der Waals surface area contributed by atoms with Crippen LogP contribution >= 0.6 is 23.2 Å². The second-order valence-electron chi connectivity index (χ2n) is 3.35. The van der Waals surface area contributed by atoms with Crippen molar-refractivity contribution in [1.82, 2.24) is 5.32 Å². The highest BCUT2D eigenvalue weighted by Gasteiger charge is 2.53. The second kappa shape index (κ2) is 3.44. The Morgan fingerprint density at radius 2 is 2.00 bits per heavy atom. The summed E-state index contributed by atoms with van der Waals surface area (Å²) < 4.78 is 0. The zero-order valence-corrected chi connectivity index (χ0v) is 8.85. The van der Waals surface area contributed by atoms with Gasteiger partial charge in [-0.2, -0.15) is 0 Å². The van der Waals surface area contributed by atoms with E-state index in [1.165, 1.54) is 0 Å². The minimum atomic E-state index is -0.728. The van der Waals surface area contributed by atoms with Crippen molar-refractivity contribution in [2.24, 2.45) is 0 Å². The van der Waals surface area contributed by atoms with E-state index in [9.17, 15) is 4.79 Å². The number of amides is 1. The van der Waals surface area contributed by atoms with Gasteiger partial charge in [0.15, 0.2) is 0 Å². The molecule has 0 bridgehead atoms. The summed E-state index contributed by atoms with van der Waals surface area (Å²) in [5, 5.41) is 2.54. The maximum atomic E-state index is 11.6. The van der Waals surface area contributed by atoms with Gasteiger partial charge < -0.3 is 5.32 Å². The topological polar surface area (TPSA) is 29.1 Å². The minimum Gasteiger partial charge on any atom is -0.332 e. The lowest BCUT2D eigenvalue weighted by Crippen LogP contribution is -2.34. The van der Waals surface area contributed by atoms with Gasteiger partial charge in [0.05, 0.1) is 5.38 Å². The summed E-state index contributed by atoms with van der Waals surface area (Å²) in [6, 6.07) is 8.94. The molecule has 1 fully saturated rings. The molecule has 74 valence electrons. The Hall–Kier alpha value is -0.730. The van der Waals surface area contributed by atoms with Crippen molar-refractivity contribution in [2.45, 2.75) is 16.8 Å². The molecule has 0 radical (unpaired) electrons. The molecule has 0 saturated heterocycles. The van der Waals surface area contributed by atoms with E-state index in [4.69, 9.17) is 23.2 Å². The third kappa shape index (κ3) is 1.86. The van der Waals surface area contributed by atoms with Gasteiger partial charge in [0.25, 0.3) is 5.91 Å². The average molecular weight is 230 g/mol. The molecule has 0 aromatic heterocycles. The third-order valence-electron chi connectivity index (χ3n) is 2.17. The Bertz CT molecular complexity index is 354. The molecule has 1 aromatic carbocycles. The zero-order chi connectivity index (χ0) is 10.2. The molecule has 2 rings (SSSR count). The van der Waals surface area contributed by atoms with Crippen molar-refractivity contribution < 1.29 is 4.79 Å². The molecule has 1 amide bonds. The maximum Gasteiger partial charge on any atom is 0.252 e. The third-order valence-corrected chi connectivity index (χ3v) is 3.32. The molecular weight excluding hydrogens is 221 g/mol. The Labute approximate surface area is 92.2 Å². The molecule has 2 nitrogen and oxygen atoms in total. The molecule has 2 unspecified atom stereocenters. The lowest BCUT2D eigenvalue weighted by molar-refractivity contribution is 0.0946. The Balaban J connectivity index is 2.04. The summed E-state index contributed by atoms with van der Waals surface area (Å²) in [5.41, 5.74) is 0.600. The Kier molecular flexibility index (Phi) is 2.41. The van der Waals surface area contributed by atoms with Crippen molar-refractivity contribution in [1.29, 1.82) is 0 Å². The zero-order valence-electron chi connectivity index (χ0n) is 7.34. The lowest BCUT2D eigenvalue weighted by atomic mass is 10.2. The molecule has 14 heavy (non-hydrogen) atoms. The fourth-order valence-electron chi connectivity index (χ4n) is 1.18. The number of halogens is 2. The molecular formula is C10H9Cl2NO. The first-order valence-electron chi connectivity index (χ1n) is 4.32. The number of carbonyl (C=O) groups excluding carboxylic acids is 1. The van der Waals surface area contributed by atoms with Gasteiger partial charge in [-0.25, -0.2) is 0 Å². The van der Waals surface area contributed by atoms with Crippen molar-refractivity contribution >= 4 is 29.1 Å². The van der Waals surface area contributed by atoms with Crippen molar-refractivity contribution in [2.75, 3.05) is 0 Å². The molecule has 1 aliphatic carbocycles. The van der Waals surface area contributed by atoms with E-state index in [1.807, 2.05) is 6.07 Å². The van der Waals surface area contributed by atoms with Crippen LogP contribution < -0.4 is 5.32 Å². The van der Waals surface area contributed by atoms with E-state index < -0.39 is 5.00 Å². The van der Waals surface area contributed by atoms with Crippen LogP contribution in [0.2, 0.25) is 0 Å². The van der Waals surface area contributed by atoms with E-state index in [1.54, 1.807) is 24.3 Å². The van der Waals surface area contributed by atoms with Gasteiger partial charge in [-0.3, -0.25) is 4.79 Å². The van der Waals surface area contributed by atoms with Gasteiger partial charge in [-0.05, 0) is 12.1 Å². The van der Waals surface area contributed by atoms with Crippen LogP contribution in [0.4, 0.5) is 0 Å². The first-order valence-corrected chi connectivity index (χ1v) is 5.14. The summed E-state index contributed by atoms with van der Waals surface area (Å²) >= 11 is 11.8. The van der Waals surface area contributed by atoms with Crippen LogP contribution in [0.15, 0.2) is 30.3 Å². The van der Waals surface area contributed by atoms with Crippen LogP contribution in [0.1, 0.15) is 16.8 Å². The van der Waals surface area contributed by atoms with E-state index in [2.05, 4.69) is 5.32 Å². The van der Waals surface area contributed by atoms with Gasteiger partial charge in [0.2, 0.25) is 0 Å². The Morgan fingerprint density at radius 3 is 2.50 bits per heavy atom. The van der Waals surface area contributed by atoms with Crippen LogP contribution in [0.5, 0.6) is 0 Å². The second-order valence-corrected chi connectivity index (χ2v) is 4.56. The van der Waals surface area contributed by atoms with Crippen LogP contribution in [-0.2, 0) is 0 Å². The lowest BCUT2D eigenvalue weighted by Gasteiger charge is -2.09. The predicted molar refractivity (Wildman–Crippen MR) is 56.8 cm³/mol. The quantitative estimate of drug-likeness (QED) is 0.613. The highest BCUT2D eigenvalue weighted by atomic mass is 35.5. The maximum absolute atomic E-state index is 11.6. The number of hydrogen-bond acceptors (Lipinski definition) is 1. The average Bonchev–Trinajstić information content (AvgIpc) is 2.75. The van der Waals surface area contributed by atoms with Gasteiger partial charge in [0.1, 0.15) is 5.00 Å². The molecule has 1 N–H and O–H groups in total. The number of carbonyl (C=O) groups is 1.